The van der Waals surface area contributed by atoms with Gasteiger partial charge in [0.25, 0.3) is 0 Å². The van der Waals surface area contributed by atoms with Gasteiger partial charge in [-0.25, -0.2) is 4.98 Å². The zero-order valence-corrected chi connectivity index (χ0v) is 10.3. The molecule has 2 aromatic heterocycles. The molecule has 2 aliphatic rings. The highest BCUT2D eigenvalue weighted by Gasteiger charge is 2.37. The minimum absolute atomic E-state index is 0.285. The first-order valence-electron chi connectivity index (χ1n) is 6.87. The Morgan fingerprint density at radius 3 is 3.11 bits per heavy atom. The summed E-state index contributed by atoms with van der Waals surface area (Å²) in [5.74, 6) is 1.63. The lowest BCUT2D eigenvalue weighted by Gasteiger charge is -2.24. The van der Waals surface area contributed by atoms with E-state index in [0.717, 1.165) is 29.5 Å². The number of rotatable bonds is 1. The van der Waals surface area contributed by atoms with Crippen LogP contribution in [0.25, 0.3) is 11.2 Å². The highest BCUT2D eigenvalue weighted by Crippen LogP contribution is 2.39. The molecule has 3 heterocycles. The van der Waals surface area contributed by atoms with E-state index in [0.29, 0.717) is 6.04 Å². The number of oxazole rings is 1. The molecule has 18 heavy (non-hydrogen) atoms. The molecule has 4 heteroatoms. The van der Waals surface area contributed by atoms with Crippen LogP contribution in [0.4, 0.5) is 0 Å². The second kappa shape index (κ2) is 4.05. The summed E-state index contributed by atoms with van der Waals surface area (Å²) in [6, 6.07) is 4.78. The quantitative estimate of drug-likeness (QED) is 0.836. The van der Waals surface area contributed by atoms with Crippen LogP contribution in [-0.4, -0.2) is 16.0 Å². The van der Waals surface area contributed by atoms with Gasteiger partial charge in [-0.15, -0.1) is 0 Å². The van der Waals surface area contributed by atoms with E-state index in [4.69, 9.17) is 4.42 Å². The third-order valence-electron chi connectivity index (χ3n) is 4.34. The maximum atomic E-state index is 5.82. The molecule has 1 saturated heterocycles. The molecule has 1 N–H and O–H groups in total. The molecule has 1 aliphatic carbocycles. The molecular formula is C14H17N3O. The fourth-order valence-electron chi connectivity index (χ4n) is 3.45. The Morgan fingerprint density at radius 1 is 1.28 bits per heavy atom. The molecule has 4 nitrogen and oxygen atoms in total. The molecule has 3 atom stereocenters. The molecule has 4 rings (SSSR count). The Labute approximate surface area is 106 Å². The minimum atomic E-state index is 0.285. The number of pyridine rings is 1. The van der Waals surface area contributed by atoms with E-state index in [9.17, 15) is 0 Å². The number of nitrogens with zero attached hydrogens (tertiary/aromatic N) is 2. The first kappa shape index (κ1) is 10.5. The van der Waals surface area contributed by atoms with E-state index in [-0.39, 0.29) is 6.04 Å². The largest absolute Gasteiger partial charge is 0.437 e. The van der Waals surface area contributed by atoms with E-state index < -0.39 is 0 Å². The van der Waals surface area contributed by atoms with Gasteiger partial charge in [-0.1, -0.05) is 12.8 Å². The normalized spacial score (nSPS) is 31.7. The van der Waals surface area contributed by atoms with Gasteiger partial charge in [0.2, 0.25) is 5.89 Å². The maximum Gasteiger partial charge on any atom is 0.214 e. The zero-order chi connectivity index (χ0) is 11.9. The molecule has 0 amide bonds. The standard InChI is InChI=1S/C14H17N3O/c1-2-5-10-9(4-1)8-11(16-10)14-17-13-12(18-14)6-3-7-15-13/h3,6-7,9-11,16H,1-2,4-5,8H2. The third kappa shape index (κ3) is 1.63. The summed E-state index contributed by atoms with van der Waals surface area (Å²) >= 11 is 0. The van der Waals surface area contributed by atoms with Crippen LogP contribution in [0.2, 0.25) is 0 Å². The Kier molecular flexibility index (Phi) is 2.36. The van der Waals surface area contributed by atoms with Gasteiger partial charge in [-0.2, -0.15) is 4.98 Å². The average molecular weight is 243 g/mol. The lowest BCUT2D eigenvalue weighted by atomic mass is 9.85. The molecular weight excluding hydrogens is 226 g/mol. The third-order valence-corrected chi connectivity index (χ3v) is 4.34. The fraction of sp³-hybridized carbons (Fsp3) is 0.571. The fourth-order valence-corrected chi connectivity index (χ4v) is 3.45. The second-order valence-electron chi connectivity index (χ2n) is 5.48. The van der Waals surface area contributed by atoms with Crippen LogP contribution in [0, 0.1) is 5.92 Å². The molecule has 3 unspecified atom stereocenters. The smallest absolute Gasteiger partial charge is 0.214 e. The second-order valence-corrected chi connectivity index (χ2v) is 5.48. The number of nitrogens with one attached hydrogen (secondary N) is 1. The van der Waals surface area contributed by atoms with Crippen LogP contribution in [0.15, 0.2) is 22.7 Å². The molecule has 94 valence electrons. The summed E-state index contributed by atoms with van der Waals surface area (Å²) in [6.45, 7) is 0. The topological polar surface area (TPSA) is 51.0 Å². The lowest BCUT2D eigenvalue weighted by molar-refractivity contribution is 0.325. The molecule has 0 radical (unpaired) electrons. The van der Waals surface area contributed by atoms with E-state index in [1.807, 2.05) is 12.1 Å². The number of fused-ring (bicyclic) bond motifs is 2. The average Bonchev–Trinajstić information content (AvgIpc) is 3.02. The van der Waals surface area contributed by atoms with Crippen molar-refractivity contribution in [2.24, 2.45) is 5.92 Å². The number of hydrogen-bond donors (Lipinski definition) is 1. The highest BCUT2D eigenvalue weighted by molar-refractivity contribution is 5.66. The van der Waals surface area contributed by atoms with Crippen molar-refractivity contribution < 1.29 is 4.42 Å². The predicted molar refractivity (Wildman–Crippen MR) is 68.0 cm³/mol. The molecule has 0 aromatic carbocycles. The molecule has 0 spiro atoms. The summed E-state index contributed by atoms with van der Waals surface area (Å²) in [7, 11) is 0. The van der Waals surface area contributed by atoms with Gasteiger partial charge >= 0.3 is 0 Å². The summed E-state index contributed by atoms with van der Waals surface area (Å²) in [4.78, 5) is 8.74. The van der Waals surface area contributed by atoms with Crippen molar-refractivity contribution in [2.75, 3.05) is 0 Å². The van der Waals surface area contributed by atoms with Crippen molar-refractivity contribution in [3.63, 3.8) is 0 Å². The van der Waals surface area contributed by atoms with E-state index in [1.165, 1.54) is 25.7 Å². The number of aromatic nitrogens is 2. The van der Waals surface area contributed by atoms with Crippen LogP contribution in [-0.2, 0) is 0 Å². The van der Waals surface area contributed by atoms with Crippen LogP contribution < -0.4 is 5.32 Å². The van der Waals surface area contributed by atoms with Gasteiger partial charge in [0.1, 0.15) is 0 Å². The van der Waals surface area contributed by atoms with Crippen molar-refractivity contribution in [3.8, 4) is 0 Å². The van der Waals surface area contributed by atoms with Crippen LogP contribution in [0.1, 0.15) is 44.0 Å². The van der Waals surface area contributed by atoms with Gasteiger partial charge < -0.3 is 9.73 Å². The monoisotopic (exact) mass is 243 g/mol. The van der Waals surface area contributed by atoms with Crippen molar-refractivity contribution >= 4 is 11.2 Å². The summed E-state index contributed by atoms with van der Waals surface area (Å²) in [5.41, 5.74) is 1.52. The van der Waals surface area contributed by atoms with Crippen molar-refractivity contribution in [2.45, 2.75) is 44.2 Å². The molecule has 0 bridgehead atoms. The Hall–Kier alpha value is -1.42. The first-order valence-corrected chi connectivity index (χ1v) is 6.87. The van der Waals surface area contributed by atoms with Crippen molar-refractivity contribution in [3.05, 3.63) is 24.2 Å². The molecule has 2 aromatic rings. The van der Waals surface area contributed by atoms with Gasteiger partial charge in [-0.05, 0) is 37.3 Å². The van der Waals surface area contributed by atoms with E-state index in [2.05, 4.69) is 15.3 Å². The van der Waals surface area contributed by atoms with Crippen LogP contribution in [0.5, 0.6) is 0 Å². The van der Waals surface area contributed by atoms with Crippen molar-refractivity contribution in [1.82, 2.24) is 15.3 Å². The molecule has 1 aliphatic heterocycles. The Balaban J connectivity index is 1.63. The van der Waals surface area contributed by atoms with Gasteiger partial charge in [0.15, 0.2) is 11.2 Å². The Morgan fingerprint density at radius 2 is 2.22 bits per heavy atom. The summed E-state index contributed by atoms with van der Waals surface area (Å²) < 4.78 is 5.82. The Bertz CT molecular complexity index is 518. The van der Waals surface area contributed by atoms with Gasteiger partial charge in [-0.3, -0.25) is 0 Å². The molecule has 1 saturated carbocycles. The van der Waals surface area contributed by atoms with Gasteiger partial charge in [0.05, 0.1) is 6.04 Å². The summed E-state index contributed by atoms with van der Waals surface area (Å²) in [6.07, 6.45) is 8.32. The first-order chi connectivity index (χ1) is 8.90. The van der Waals surface area contributed by atoms with E-state index >= 15 is 0 Å². The van der Waals surface area contributed by atoms with Crippen LogP contribution >= 0.6 is 0 Å². The van der Waals surface area contributed by atoms with Gasteiger partial charge in [0, 0.05) is 12.2 Å². The highest BCUT2D eigenvalue weighted by atomic mass is 16.3. The van der Waals surface area contributed by atoms with Crippen molar-refractivity contribution in [1.29, 1.82) is 0 Å². The summed E-state index contributed by atoms with van der Waals surface area (Å²) in [5, 5.41) is 3.69. The molecule has 2 fully saturated rings. The van der Waals surface area contributed by atoms with E-state index in [1.54, 1.807) is 6.20 Å². The minimum Gasteiger partial charge on any atom is -0.437 e. The zero-order valence-electron chi connectivity index (χ0n) is 10.3. The SMILES string of the molecule is c1cnc2nc(C3CC4CCCCC4N3)oc2c1. The number of hydrogen-bond acceptors (Lipinski definition) is 4. The van der Waals surface area contributed by atoms with Crippen LogP contribution in [0.3, 0.4) is 0 Å². The predicted octanol–water partition coefficient (Wildman–Crippen LogP) is 2.82. The maximum absolute atomic E-state index is 5.82. The lowest BCUT2D eigenvalue weighted by Crippen LogP contribution is -2.30.